The van der Waals surface area contributed by atoms with Crippen molar-refractivity contribution in [1.29, 1.82) is 0 Å². The Bertz CT molecular complexity index is 2010. The van der Waals surface area contributed by atoms with Crippen molar-refractivity contribution in [3.8, 4) is 5.75 Å². The number of carboxylic acids is 1. The van der Waals surface area contributed by atoms with Gasteiger partial charge in [-0.05, 0) is 60.4 Å². The van der Waals surface area contributed by atoms with Gasteiger partial charge in [-0.2, -0.15) is 13.2 Å². The minimum atomic E-state index is -4.86. The van der Waals surface area contributed by atoms with Crippen molar-refractivity contribution >= 4 is 52.2 Å². The normalized spacial score (nSPS) is 13.7. The van der Waals surface area contributed by atoms with Crippen molar-refractivity contribution in [3.63, 3.8) is 0 Å². The van der Waals surface area contributed by atoms with Gasteiger partial charge in [-0.3, -0.25) is 28.8 Å². The fourth-order valence-electron chi connectivity index (χ4n) is 6.00. The highest BCUT2D eigenvalue weighted by molar-refractivity contribution is 6.00. The van der Waals surface area contributed by atoms with Crippen LogP contribution in [0.15, 0.2) is 57.7 Å². The molecule has 1 aromatic heterocycles. The number of phenols is 1. The van der Waals surface area contributed by atoms with E-state index in [-0.39, 0.29) is 49.0 Å². The van der Waals surface area contributed by atoms with Gasteiger partial charge >= 0.3 is 17.8 Å². The summed E-state index contributed by atoms with van der Waals surface area (Å²) in [4.78, 5) is 90.3. The second kappa shape index (κ2) is 20.5. The topological polar surface area (TPSA) is 233 Å². The molecule has 0 bridgehead atoms. The zero-order chi connectivity index (χ0) is 43.5. The predicted octanol–water partition coefficient (Wildman–Crippen LogP) is 4.25. The third kappa shape index (κ3) is 14.2. The van der Waals surface area contributed by atoms with Gasteiger partial charge in [-0.1, -0.05) is 53.7 Å². The number of hydrogen-bond donors (Lipinski definition) is 7. The summed E-state index contributed by atoms with van der Waals surface area (Å²) in [5.74, 6) is -5.69. The Kier molecular flexibility index (Phi) is 16.4. The Morgan fingerprint density at radius 3 is 1.83 bits per heavy atom. The fraction of sp³-hybridized carbons (Fsp3) is 0.475. The molecule has 0 aliphatic carbocycles. The van der Waals surface area contributed by atoms with E-state index in [9.17, 15) is 51.8 Å². The average molecular weight is 818 g/mol. The molecule has 2 aromatic carbocycles. The first kappa shape index (κ1) is 46.4. The largest absolute Gasteiger partial charge is 0.508 e. The highest BCUT2D eigenvalue weighted by Crippen LogP contribution is 2.34. The van der Waals surface area contributed by atoms with Crippen LogP contribution in [-0.4, -0.2) is 69.9 Å². The third-order valence-corrected chi connectivity index (χ3v) is 8.84. The number of nitrogens with one attached hydrogen (secondary N) is 5. The highest BCUT2D eigenvalue weighted by Gasteiger charge is 2.35. The average Bonchev–Trinajstić information content (AvgIpc) is 3.11. The standard InChI is InChI=1S/C40H50F3N5O10/c1-20(2)15-28(45-32(50)13-14-33(51)52)37(55)46-29(16-21(3)4)38(56)48-35(22(5)6)39(57)47-30(17-23-7-10-25(49)11-8-23)36(54)44-24-9-12-26-27(40(41,42)43)19-34(53)58-31(26)18-24/h7-12,18-22,28-30,35,49H,13-17H2,1-6H3,(H,44,54)(H,45,50)(H,46,55)(H,47,57)(H,48,56)(H,51,52)/t28-,29-,30-,35-/m0/s1. The number of carbonyl (C=O) groups is 6. The van der Waals surface area contributed by atoms with Crippen LogP contribution in [0, 0.1) is 17.8 Å². The van der Waals surface area contributed by atoms with E-state index in [1.54, 1.807) is 13.8 Å². The van der Waals surface area contributed by atoms with Crippen LogP contribution >= 0.6 is 0 Å². The molecule has 15 nitrogen and oxygen atoms in total. The van der Waals surface area contributed by atoms with Gasteiger partial charge in [0.05, 0.1) is 12.0 Å². The van der Waals surface area contributed by atoms with Crippen LogP contribution in [0.5, 0.6) is 5.75 Å². The second-order valence-corrected chi connectivity index (χ2v) is 15.2. The molecule has 0 aliphatic heterocycles. The molecule has 7 N–H and O–H groups in total. The van der Waals surface area contributed by atoms with Crippen LogP contribution < -0.4 is 32.2 Å². The lowest BCUT2D eigenvalue weighted by molar-refractivity contribution is -0.139. The van der Waals surface area contributed by atoms with E-state index in [1.165, 1.54) is 30.3 Å². The Balaban J connectivity index is 1.87. The van der Waals surface area contributed by atoms with E-state index in [4.69, 9.17) is 9.52 Å². The van der Waals surface area contributed by atoms with Gasteiger partial charge in [0, 0.05) is 36.0 Å². The van der Waals surface area contributed by atoms with E-state index < -0.39 is 100 Å². The summed E-state index contributed by atoms with van der Waals surface area (Å²) in [6, 6.07) is 4.43. The van der Waals surface area contributed by atoms with Gasteiger partial charge in [-0.25, -0.2) is 4.79 Å². The van der Waals surface area contributed by atoms with Crippen molar-refractivity contribution in [2.24, 2.45) is 17.8 Å². The zero-order valence-corrected chi connectivity index (χ0v) is 33.0. The number of aromatic hydroxyl groups is 1. The number of rotatable bonds is 19. The van der Waals surface area contributed by atoms with Crippen molar-refractivity contribution < 1.29 is 56.6 Å². The molecule has 0 saturated carbocycles. The number of fused-ring (bicyclic) bond motifs is 1. The maximum absolute atomic E-state index is 13.9. The smallest absolute Gasteiger partial charge is 0.417 e. The van der Waals surface area contributed by atoms with Crippen LogP contribution in [0.4, 0.5) is 18.9 Å². The summed E-state index contributed by atoms with van der Waals surface area (Å²) in [5.41, 5.74) is -2.49. The van der Waals surface area contributed by atoms with Crippen LogP contribution in [0.2, 0.25) is 0 Å². The molecule has 0 unspecified atom stereocenters. The molecule has 3 rings (SSSR count). The van der Waals surface area contributed by atoms with Crippen LogP contribution in [0.25, 0.3) is 11.0 Å². The summed E-state index contributed by atoms with van der Waals surface area (Å²) in [7, 11) is 0. The predicted molar refractivity (Wildman–Crippen MR) is 206 cm³/mol. The van der Waals surface area contributed by atoms with Gasteiger partial charge in [-0.15, -0.1) is 0 Å². The number of carboxylic acid groups (broad SMARTS) is 1. The van der Waals surface area contributed by atoms with Crippen molar-refractivity contribution in [1.82, 2.24) is 21.3 Å². The lowest BCUT2D eigenvalue weighted by Crippen LogP contribution is -2.59. The van der Waals surface area contributed by atoms with E-state index >= 15 is 0 Å². The summed E-state index contributed by atoms with van der Waals surface area (Å²) in [6.45, 7) is 10.5. The molecule has 0 radical (unpaired) electrons. The molecule has 0 saturated heterocycles. The monoisotopic (exact) mass is 817 g/mol. The molecular formula is C40H50F3N5O10. The van der Waals surface area contributed by atoms with Gasteiger partial charge < -0.3 is 41.2 Å². The van der Waals surface area contributed by atoms with E-state index in [0.29, 0.717) is 11.6 Å². The molecule has 58 heavy (non-hydrogen) atoms. The SMILES string of the molecule is CC(C)C[C@H](NC(=O)CCC(=O)O)C(=O)N[C@@H](CC(C)C)C(=O)N[C@H](C(=O)N[C@@H](Cc1ccc(O)cc1)C(=O)Nc1ccc2c(C(F)(F)F)cc(=O)oc2c1)C(C)C. The first-order valence-electron chi connectivity index (χ1n) is 18.7. The van der Waals surface area contributed by atoms with Crippen LogP contribution in [0.1, 0.15) is 78.4 Å². The first-order valence-corrected chi connectivity index (χ1v) is 18.7. The molecule has 3 aromatic rings. The molecule has 0 spiro atoms. The number of aliphatic carboxylic acids is 1. The van der Waals surface area contributed by atoms with Crippen molar-refractivity contribution in [2.45, 2.75) is 104 Å². The molecular weight excluding hydrogens is 767 g/mol. The second-order valence-electron chi connectivity index (χ2n) is 15.2. The minimum Gasteiger partial charge on any atom is -0.508 e. The number of halogens is 3. The number of alkyl halides is 3. The number of amides is 5. The summed E-state index contributed by atoms with van der Waals surface area (Å²) < 4.78 is 45.8. The molecule has 5 amide bonds. The van der Waals surface area contributed by atoms with Crippen molar-refractivity contribution in [2.75, 3.05) is 5.32 Å². The minimum absolute atomic E-state index is 0.0558. The molecule has 316 valence electrons. The van der Waals surface area contributed by atoms with Crippen LogP contribution in [0.3, 0.4) is 0 Å². The van der Waals surface area contributed by atoms with Crippen molar-refractivity contribution in [3.05, 3.63) is 70.1 Å². The Labute approximate surface area is 332 Å². The number of phenolic OH excluding ortho intramolecular Hbond substituents is 1. The summed E-state index contributed by atoms with van der Waals surface area (Å²) in [6.07, 6.45) is -5.48. The lowest BCUT2D eigenvalue weighted by atomic mass is 9.98. The number of carbonyl (C=O) groups excluding carboxylic acids is 5. The van der Waals surface area contributed by atoms with Gasteiger partial charge in [0.2, 0.25) is 29.5 Å². The number of anilines is 1. The fourth-order valence-corrected chi connectivity index (χ4v) is 6.00. The summed E-state index contributed by atoms with van der Waals surface area (Å²) in [5, 5.41) is 31.4. The zero-order valence-electron chi connectivity index (χ0n) is 33.0. The van der Waals surface area contributed by atoms with E-state index in [1.807, 2.05) is 27.7 Å². The Morgan fingerprint density at radius 2 is 1.28 bits per heavy atom. The molecule has 0 fully saturated rings. The maximum Gasteiger partial charge on any atom is 0.417 e. The molecule has 4 atom stereocenters. The third-order valence-electron chi connectivity index (χ3n) is 8.84. The number of hydrogen-bond acceptors (Lipinski definition) is 9. The Morgan fingerprint density at radius 1 is 0.707 bits per heavy atom. The van der Waals surface area contributed by atoms with E-state index in [2.05, 4.69) is 26.6 Å². The Hall–Kier alpha value is -5.94. The quantitative estimate of drug-likeness (QED) is 0.0850. The molecule has 1 heterocycles. The van der Waals surface area contributed by atoms with Gasteiger partial charge in [0.1, 0.15) is 35.5 Å². The molecule has 18 heteroatoms. The summed E-state index contributed by atoms with van der Waals surface area (Å²) >= 11 is 0. The lowest BCUT2D eigenvalue weighted by Gasteiger charge is -2.29. The van der Waals surface area contributed by atoms with Crippen LogP contribution in [-0.2, 0) is 41.4 Å². The van der Waals surface area contributed by atoms with Gasteiger partial charge in [0.15, 0.2) is 0 Å². The van der Waals surface area contributed by atoms with Gasteiger partial charge in [0.25, 0.3) is 0 Å². The van der Waals surface area contributed by atoms with E-state index in [0.717, 1.165) is 12.1 Å². The first-order chi connectivity index (χ1) is 27.0. The maximum atomic E-state index is 13.9. The highest BCUT2D eigenvalue weighted by atomic mass is 19.4. The number of benzene rings is 2. The molecule has 0 aliphatic rings.